The van der Waals surface area contributed by atoms with Crippen LogP contribution in [-0.4, -0.2) is 20.0 Å². The minimum atomic E-state index is -3.49. The Labute approximate surface area is 126 Å². The summed E-state index contributed by atoms with van der Waals surface area (Å²) in [5.74, 6) is 0. The lowest BCUT2D eigenvalue weighted by Gasteiger charge is -2.05. The van der Waals surface area contributed by atoms with E-state index < -0.39 is 10.0 Å². The van der Waals surface area contributed by atoms with Crippen molar-refractivity contribution in [2.45, 2.75) is 31.5 Å². The summed E-state index contributed by atoms with van der Waals surface area (Å²) >= 11 is 0. The van der Waals surface area contributed by atoms with Crippen molar-refractivity contribution in [3.63, 3.8) is 0 Å². The molecule has 0 spiro atoms. The van der Waals surface area contributed by atoms with Gasteiger partial charge in [-0.1, -0.05) is 30.3 Å². The molecule has 1 aromatic heterocycles. The van der Waals surface area contributed by atoms with Gasteiger partial charge in [-0.05, 0) is 25.6 Å². The SMILES string of the molecule is CCn1cc(S(=O)(=O)NCc2ccccc2)cc1CNC. The van der Waals surface area contributed by atoms with Gasteiger partial charge in [0.15, 0.2) is 0 Å². The number of benzene rings is 1. The number of sulfonamides is 1. The summed E-state index contributed by atoms with van der Waals surface area (Å²) in [6.07, 6.45) is 1.68. The Morgan fingerprint density at radius 1 is 1.14 bits per heavy atom. The summed E-state index contributed by atoms with van der Waals surface area (Å²) in [6.45, 7) is 3.67. The zero-order valence-electron chi connectivity index (χ0n) is 12.3. The zero-order valence-corrected chi connectivity index (χ0v) is 13.2. The minimum absolute atomic E-state index is 0.293. The quantitative estimate of drug-likeness (QED) is 0.818. The maximum absolute atomic E-state index is 12.3. The normalized spacial score (nSPS) is 11.7. The molecule has 0 unspecified atom stereocenters. The molecule has 2 rings (SSSR count). The van der Waals surface area contributed by atoms with Crippen LogP contribution in [0.2, 0.25) is 0 Å². The van der Waals surface area contributed by atoms with E-state index in [2.05, 4.69) is 10.0 Å². The number of aromatic nitrogens is 1. The Morgan fingerprint density at radius 2 is 1.86 bits per heavy atom. The van der Waals surface area contributed by atoms with Crippen molar-refractivity contribution in [2.24, 2.45) is 0 Å². The van der Waals surface area contributed by atoms with Crippen LogP contribution in [0.1, 0.15) is 18.2 Å². The first-order valence-electron chi connectivity index (χ1n) is 6.94. The molecule has 0 aliphatic rings. The van der Waals surface area contributed by atoms with E-state index in [-0.39, 0.29) is 0 Å². The van der Waals surface area contributed by atoms with Gasteiger partial charge in [-0.2, -0.15) is 0 Å². The Kier molecular flexibility index (Phi) is 5.17. The first-order valence-corrected chi connectivity index (χ1v) is 8.42. The van der Waals surface area contributed by atoms with Crippen LogP contribution in [0.3, 0.4) is 0 Å². The van der Waals surface area contributed by atoms with Gasteiger partial charge in [0.2, 0.25) is 10.0 Å². The second-order valence-corrected chi connectivity index (χ2v) is 6.56. The second kappa shape index (κ2) is 6.89. The fourth-order valence-corrected chi connectivity index (χ4v) is 3.23. The molecule has 0 aliphatic heterocycles. The molecule has 2 aromatic rings. The third kappa shape index (κ3) is 3.93. The standard InChI is InChI=1S/C15H21N3O2S/c1-3-18-12-15(9-14(18)11-16-2)21(19,20)17-10-13-7-5-4-6-8-13/h4-9,12,16-17H,3,10-11H2,1-2H3. The van der Waals surface area contributed by atoms with Crippen LogP contribution >= 0.6 is 0 Å². The summed E-state index contributed by atoms with van der Waals surface area (Å²) in [6, 6.07) is 11.2. The Balaban J connectivity index is 2.15. The highest BCUT2D eigenvalue weighted by Crippen LogP contribution is 2.15. The number of nitrogens with zero attached hydrogens (tertiary/aromatic N) is 1. The van der Waals surface area contributed by atoms with Crippen molar-refractivity contribution in [3.05, 3.63) is 53.9 Å². The Hall–Kier alpha value is -1.63. The molecule has 1 heterocycles. The molecule has 0 radical (unpaired) electrons. The van der Waals surface area contributed by atoms with Crippen molar-refractivity contribution in [2.75, 3.05) is 7.05 Å². The number of rotatable bonds is 7. The molecule has 0 amide bonds. The molecule has 0 saturated carbocycles. The van der Waals surface area contributed by atoms with Gasteiger partial charge in [0, 0.05) is 31.5 Å². The molecule has 21 heavy (non-hydrogen) atoms. The number of nitrogens with one attached hydrogen (secondary N) is 2. The van der Waals surface area contributed by atoms with E-state index in [1.54, 1.807) is 12.3 Å². The van der Waals surface area contributed by atoms with Gasteiger partial charge >= 0.3 is 0 Å². The van der Waals surface area contributed by atoms with Crippen LogP contribution in [0.4, 0.5) is 0 Å². The Morgan fingerprint density at radius 3 is 2.48 bits per heavy atom. The summed E-state index contributed by atoms with van der Waals surface area (Å²) < 4.78 is 29.3. The molecule has 5 nitrogen and oxygen atoms in total. The lowest BCUT2D eigenvalue weighted by Crippen LogP contribution is -2.22. The third-order valence-electron chi connectivity index (χ3n) is 3.28. The topological polar surface area (TPSA) is 63.1 Å². The van der Waals surface area contributed by atoms with Crippen LogP contribution in [0.15, 0.2) is 47.5 Å². The number of aryl methyl sites for hydroxylation is 1. The van der Waals surface area contributed by atoms with Crippen molar-refractivity contribution >= 4 is 10.0 Å². The van der Waals surface area contributed by atoms with Gasteiger partial charge in [-0.3, -0.25) is 0 Å². The summed E-state index contributed by atoms with van der Waals surface area (Å²) in [7, 11) is -1.65. The van der Waals surface area contributed by atoms with Crippen LogP contribution < -0.4 is 10.0 Å². The maximum atomic E-state index is 12.3. The van der Waals surface area contributed by atoms with E-state index in [0.717, 1.165) is 17.8 Å². The van der Waals surface area contributed by atoms with Gasteiger partial charge in [-0.25, -0.2) is 13.1 Å². The monoisotopic (exact) mass is 307 g/mol. The first kappa shape index (κ1) is 15.8. The molecule has 114 valence electrons. The molecule has 0 bridgehead atoms. The fraction of sp³-hybridized carbons (Fsp3) is 0.333. The zero-order chi connectivity index (χ0) is 15.3. The number of hydrogen-bond acceptors (Lipinski definition) is 3. The van der Waals surface area contributed by atoms with E-state index in [4.69, 9.17) is 0 Å². The largest absolute Gasteiger partial charge is 0.349 e. The van der Waals surface area contributed by atoms with Gasteiger partial charge in [0.25, 0.3) is 0 Å². The highest BCUT2D eigenvalue weighted by atomic mass is 32.2. The molecule has 0 atom stereocenters. The molecular formula is C15H21N3O2S. The lowest BCUT2D eigenvalue weighted by molar-refractivity contribution is 0.581. The molecule has 0 saturated heterocycles. The number of hydrogen-bond donors (Lipinski definition) is 2. The van der Waals surface area contributed by atoms with Gasteiger partial charge in [0.1, 0.15) is 0 Å². The highest BCUT2D eigenvalue weighted by molar-refractivity contribution is 7.89. The molecule has 2 N–H and O–H groups in total. The van der Waals surface area contributed by atoms with Gasteiger partial charge in [0.05, 0.1) is 4.90 Å². The predicted molar refractivity (Wildman–Crippen MR) is 83.3 cm³/mol. The second-order valence-electron chi connectivity index (χ2n) is 4.79. The molecular weight excluding hydrogens is 286 g/mol. The van der Waals surface area contributed by atoms with Crippen LogP contribution in [0.5, 0.6) is 0 Å². The van der Waals surface area contributed by atoms with Gasteiger partial charge in [-0.15, -0.1) is 0 Å². The van der Waals surface area contributed by atoms with E-state index >= 15 is 0 Å². The molecule has 0 aliphatic carbocycles. The molecule has 0 fully saturated rings. The Bertz CT molecular complexity index is 678. The van der Waals surface area contributed by atoms with E-state index in [1.807, 2.05) is 48.9 Å². The van der Waals surface area contributed by atoms with E-state index in [1.165, 1.54) is 0 Å². The third-order valence-corrected chi connectivity index (χ3v) is 4.65. The average molecular weight is 307 g/mol. The van der Waals surface area contributed by atoms with Crippen LogP contribution in [0.25, 0.3) is 0 Å². The van der Waals surface area contributed by atoms with Crippen LogP contribution in [0, 0.1) is 0 Å². The van der Waals surface area contributed by atoms with Crippen molar-refractivity contribution < 1.29 is 8.42 Å². The smallest absolute Gasteiger partial charge is 0.242 e. The summed E-state index contributed by atoms with van der Waals surface area (Å²) in [4.78, 5) is 0.311. The predicted octanol–water partition coefficient (Wildman–Crippen LogP) is 1.71. The summed E-state index contributed by atoms with van der Waals surface area (Å²) in [5, 5.41) is 3.05. The van der Waals surface area contributed by atoms with Crippen molar-refractivity contribution in [1.82, 2.24) is 14.6 Å². The van der Waals surface area contributed by atoms with E-state index in [0.29, 0.717) is 18.0 Å². The van der Waals surface area contributed by atoms with Crippen molar-refractivity contribution in [1.29, 1.82) is 0 Å². The van der Waals surface area contributed by atoms with E-state index in [9.17, 15) is 8.42 Å². The van der Waals surface area contributed by atoms with Crippen LogP contribution in [-0.2, 0) is 29.7 Å². The molecule has 1 aromatic carbocycles. The summed E-state index contributed by atoms with van der Waals surface area (Å²) in [5.41, 5.74) is 1.89. The van der Waals surface area contributed by atoms with Crippen molar-refractivity contribution in [3.8, 4) is 0 Å². The fourth-order valence-electron chi connectivity index (χ4n) is 2.15. The maximum Gasteiger partial charge on any atom is 0.242 e. The average Bonchev–Trinajstić information content (AvgIpc) is 2.91. The lowest BCUT2D eigenvalue weighted by atomic mass is 10.2. The van der Waals surface area contributed by atoms with Gasteiger partial charge < -0.3 is 9.88 Å². The minimum Gasteiger partial charge on any atom is -0.349 e. The first-order chi connectivity index (χ1) is 10.1. The molecule has 6 heteroatoms. The highest BCUT2D eigenvalue weighted by Gasteiger charge is 2.17.